The summed E-state index contributed by atoms with van der Waals surface area (Å²) >= 11 is 6.21. The molecule has 0 fully saturated rings. The second kappa shape index (κ2) is 5.55. The van der Waals surface area contributed by atoms with Crippen LogP contribution in [0.2, 0.25) is 5.02 Å². The van der Waals surface area contributed by atoms with Gasteiger partial charge in [-0.05, 0) is 11.6 Å². The standard InChI is InChI=1S/C15H13ClO/c1-17-11-14(12-7-3-2-4-8-12)13-9-5-6-10-15(13)16/h2-11H,1H3. The van der Waals surface area contributed by atoms with Crippen LogP contribution in [0.4, 0.5) is 0 Å². The predicted octanol–water partition coefficient (Wildman–Crippen LogP) is 4.38. The third-order valence-electron chi connectivity index (χ3n) is 2.48. The van der Waals surface area contributed by atoms with E-state index in [2.05, 4.69) is 0 Å². The molecule has 86 valence electrons. The Morgan fingerprint density at radius 2 is 1.65 bits per heavy atom. The molecule has 17 heavy (non-hydrogen) atoms. The first-order chi connectivity index (χ1) is 8.33. The normalized spacial score (nSPS) is 11.3. The molecule has 0 radical (unpaired) electrons. The third-order valence-corrected chi connectivity index (χ3v) is 2.81. The van der Waals surface area contributed by atoms with Gasteiger partial charge in [0.25, 0.3) is 0 Å². The number of hydrogen-bond donors (Lipinski definition) is 0. The summed E-state index contributed by atoms with van der Waals surface area (Å²) in [5.41, 5.74) is 3.04. The summed E-state index contributed by atoms with van der Waals surface area (Å²) in [6.07, 6.45) is 1.72. The Bertz CT molecular complexity index is 517. The van der Waals surface area contributed by atoms with Crippen LogP contribution in [0.1, 0.15) is 11.1 Å². The van der Waals surface area contributed by atoms with Gasteiger partial charge in [0.1, 0.15) is 0 Å². The smallest absolute Gasteiger partial charge is 0.0909 e. The van der Waals surface area contributed by atoms with E-state index >= 15 is 0 Å². The molecule has 2 heteroatoms. The topological polar surface area (TPSA) is 9.23 Å². The molecule has 0 heterocycles. The van der Waals surface area contributed by atoms with Gasteiger partial charge in [-0.25, -0.2) is 0 Å². The minimum Gasteiger partial charge on any atom is -0.504 e. The van der Waals surface area contributed by atoms with Crippen LogP contribution in [0.5, 0.6) is 0 Å². The molecule has 2 rings (SSSR count). The van der Waals surface area contributed by atoms with Gasteiger partial charge in [-0.2, -0.15) is 0 Å². The summed E-state index contributed by atoms with van der Waals surface area (Å²) in [6, 6.07) is 17.8. The quantitative estimate of drug-likeness (QED) is 0.729. The van der Waals surface area contributed by atoms with Crippen molar-refractivity contribution in [3.8, 4) is 0 Å². The van der Waals surface area contributed by atoms with Crippen molar-refractivity contribution in [2.24, 2.45) is 0 Å². The van der Waals surface area contributed by atoms with E-state index in [9.17, 15) is 0 Å². The maximum atomic E-state index is 6.21. The third kappa shape index (κ3) is 2.69. The van der Waals surface area contributed by atoms with E-state index in [-0.39, 0.29) is 0 Å². The number of methoxy groups -OCH3 is 1. The number of benzene rings is 2. The van der Waals surface area contributed by atoms with Crippen LogP contribution in [0.15, 0.2) is 60.9 Å². The van der Waals surface area contributed by atoms with Gasteiger partial charge < -0.3 is 4.74 Å². The van der Waals surface area contributed by atoms with Crippen molar-refractivity contribution in [1.29, 1.82) is 0 Å². The zero-order valence-corrected chi connectivity index (χ0v) is 10.3. The fourth-order valence-electron chi connectivity index (χ4n) is 1.70. The lowest BCUT2D eigenvalue weighted by atomic mass is 9.99. The number of halogens is 1. The van der Waals surface area contributed by atoms with Gasteiger partial charge in [0, 0.05) is 16.2 Å². The number of rotatable bonds is 3. The molecule has 0 aromatic heterocycles. The van der Waals surface area contributed by atoms with Gasteiger partial charge in [-0.3, -0.25) is 0 Å². The molecule has 0 aliphatic rings. The van der Waals surface area contributed by atoms with Crippen LogP contribution in [0, 0.1) is 0 Å². The summed E-state index contributed by atoms with van der Waals surface area (Å²) < 4.78 is 5.15. The highest BCUT2D eigenvalue weighted by molar-refractivity contribution is 6.32. The Balaban J connectivity index is 2.52. The summed E-state index contributed by atoms with van der Waals surface area (Å²) in [6.45, 7) is 0. The Morgan fingerprint density at radius 1 is 1.00 bits per heavy atom. The van der Waals surface area contributed by atoms with E-state index < -0.39 is 0 Å². The predicted molar refractivity (Wildman–Crippen MR) is 72.0 cm³/mol. The minimum atomic E-state index is 0.722. The highest BCUT2D eigenvalue weighted by atomic mass is 35.5. The van der Waals surface area contributed by atoms with Crippen LogP contribution < -0.4 is 0 Å². The van der Waals surface area contributed by atoms with Crippen molar-refractivity contribution in [3.05, 3.63) is 77.0 Å². The summed E-state index contributed by atoms with van der Waals surface area (Å²) in [5.74, 6) is 0. The van der Waals surface area contributed by atoms with Crippen LogP contribution in [0.3, 0.4) is 0 Å². The average molecular weight is 245 g/mol. The maximum absolute atomic E-state index is 6.21. The van der Waals surface area contributed by atoms with Crippen LogP contribution in [0.25, 0.3) is 5.57 Å². The fraction of sp³-hybridized carbons (Fsp3) is 0.0667. The minimum absolute atomic E-state index is 0.722. The summed E-state index contributed by atoms with van der Waals surface area (Å²) in [4.78, 5) is 0. The van der Waals surface area contributed by atoms with Gasteiger partial charge in [-0.15, -0.1) is 0 Å². The van der Waals surface area contributed by atoms with Gasteiger partial charge in [0.15, 0.2) is 0 Å². The summed E-state index contributed by atoms with van der Waals surface area (Å²) in [5, 5.41) is 0.722. The van der Waals surface area contributed by atoms with Gasteiger partial charge >= 0.3 is 0 Å². The van der Waals surface area contributed by atoms with Crippen molar-refractivity contribution in [1.82, 2.24) is 0 Å². The Labute approximate surface area is 106 Å². The van der Waals surface area contributed by atoms with Gasteiger partial charge in [0.2, 0.25) is 0 Å². The van der Waals surface area contributed by atoms with E-state index in [1.54, 1.807) is 13.4 Å². The Kier molecular flexibility index (Phi) is 3.84. The molecule has 2 aromatic rings. The lowest BCUT2D eigenvalue weighted by molar-refractivity contribution is 0.340. The maximum Gasteiger partial charge on any atom is 0.0909 e. The highest BCUT2D eigenvalue weighted by Gasteiger charge is 2.08. The lowest BCUT2D eigenvalue weighted by Crippen LogP contribution is -1.90. The van der Waals surface area contributed by atoms with E-state index in [4.69, 9.17) is 16.3 Å². The molecule has 2 aromatic carbocycles. The molecule has 0 bridgehead atoms. The number of hydrogen-bond acceptors (Lipinski definition) is 1. The van der Waals surface area contributed by atoms with Crippen LogP contribution in [-0.4, -0.2) is 7.11 Å². The molecular weight excluding hydrogens is 232 g/mol. The molecule has 0 amide bonds. The number of ether oxygens (including phenoxy) is 1. The molecule has 0 atom stereocenters. The molecule has 0 saturated carbocycles. The van der Waals surface area contributed by atoms with Crippen molar-refractivity contribution >= 4 is 17.2 Å². The van der Waals surface area contributed by atoms with E-state index in [0.29, 0.717) is 0 Å². The van der Waals surface area contributed by atoms with E-state index in [0.717, 1.165) is 21.7 Å². The SMILES string of the molecule is COC=C(c1ccccc1)c1ccccc1Cl. The molecule has 0 saturated heterocycles. The molecule has 0 N–H and O–H groups in total. The van der Waals surface area contributed by atoms with Crippen molar-refractivity contribution in [2.45, 2.75) is 0 Å². The van der Waals surface area contributed by atoms with Crippen LogP contribution >= 0.6 is 11.6 Å². The Hall–Kier alpha value is -1.73. The molecule has 0 aliphatic carbocycles. The fourth-order valence-corrected chi connectivity index (χ4v) is 1.94. The molecule has 0 spiro atoms. The first-order valence-electron chi connectivity index (χ1n) is 5.36. The van der Waals surface area contributed by atoms with Gasteiger partial charge in [-0.1, -0.05) is 60.1 Å². The van der Waals surface area contributed by atoms with Crippen molar-refractivity contribution in [3.63, 3.8) is 0 Å². The second-order valence-corrected chi connectivity index (χ2v) is 4.02. The highest BCUT2D eigenvalue weighted by Crippen LogP contribution is 2.28. The van der Waals surface area contributed by atoms with Crippen molar-refractivity contribution < 1.29 is 4.74 Å². The van der Waals surface area contributed by atoms with E-state index in [1.807, 2.05) is 54.6 Å². The monoisotopic (exact) mass is 244 g/mol. The first kappa shape index (κ1) is 11.7. The Morgan fingerprint density at radius 3 is 2.29 bits per heavy atom. The lowest BCUT2D eigenvalue weighted by Gasteiger charge is -2.09. The first-order valence-corrected chi connectivity index (χ1v) is 5.74. The zero-order chi connectivity index (χ0) is 12.1. The average Bonchev–Trinajstić information content (AvgIpc) is 2.38. The molecule has 0 unspecified atom stereocenters. The second-order valence-electron chi connectivity index (χ2n) is 3.61. The summed E-state index contributed by atoms with van der Waals surface area (Å²) in [7, 11) is 1.64. The largest absolute Gasteiger partial charge is 0.504 e. The van der Waals surface area contributed by atoms with E-state index in [1.165, 1.54) is 0 Å². The molecular formula is C15H13ClO. The van der Waals surface area contributed by atoms with Crippen molar-refractivity contribution in [2.75, 3.05) is 7.11 Å². The van der Waals surface area contributed by atoms with Gasteiger partial charge in [0.05, 0.1) is 13.4 Å². The zero-order valence-electron chi connectivity index (χ0n) is 9.56. The molecule has 1 nitrogen and oxygen atoms in total. The molecule has 0 aliphatic heterocycles. The van der Waals surface area contributed by atoms with Crippen LogP contribution in [-0.2, 0) is 4.74 Å².